The van der Waals surface area contributed by atoms with Gasteiger partial charge < -0.3 is 14.4 Å². The van der Waals surface area contributed by atoms with Gasteiger partial charge in [-0.1, -0.05) is 18.2 Å². The summed E-state index contributed by atoms with van der Waals surface area (Å²) in [7, 11) is 1.83. The van der Waals surface area contributed by atoms with E-state index in [0.29, 0.717) is 17.8 Å². The van der Waals surface area contributed by atoms with Gasteiger partial charge in [-0.2, -0.15) is 5.10 Å². The summed E-state index contributed by atoms with van der Waals surface area (Å²) < 4.78 is 11.4. The van der Waals surface area contributed by atoms with Crippen LogP contribution < -0.4 is 0 Å². The first kappa shape index (κ1) is 18.1. The predicted molar refractivity (Wildman–Crippen MR) is 105 cm³/mol. The highest BCUT2D eigenvalue weighted by Gasteiger charge is 2.56. The minimum absolute atomic E-state index is 0.0371. The third-order valence-electron chi connectivity index (χ3n) is 7.04. The fourth-order valence-corrected chi connectivity index (χ4v) is 5.40. The third kappa shape index (κ3) is 2.76. The number of carbonyl (C=O) groups excluding carboxylic acids is 1. The molecular formula is C21H28N4O3. The molecule has 1 spiro atoms. The van der Waals surface area contributed by atoms with E-state index in [2.05, 4.69) is 15.1 Å². The average molecular weight is 384 g/mol. The van der Waals surface area contributed by atoms with Gasteiger partial charge in [-0.05, 0) is 31.7 Å². The lowest BCUT2D eigenvalue weighted by molar-refractivity contribution is -0.207. The summed E-state index contributed by atoms with van der Waals surface area (Å²) in [6, 6.07) is 8.33. The largest absolute Gasteiger partial charge is 0.381 e. The van der Waals surface area contributed by atoms with Gasteiger partial charge in [0.1, 0.15) is 0 Å². The summed E-state index contributed by atoms with van der Waals surface area (Å²) in [5, 5.41) is 8.16. The van der Waals surface area contributed by atoms with Gasteiger partial charge in [0.05, 0.1) is 17.2 Å². The summed E-state index contributed by atoms with van der Waals surface area (Å²) in [6.07, 6.45) is 4.42. The number of aromatic nitrogens is 2. The van der Waals surface area contributed by atoms with Crippen LogP contribution in [0.4, 0.5) is 0 Å². The first-order chi connectivity index (χ1) is 13.7. The zero-order valence-electron chi connectivity index (χ0n) is 16.4. The van der Waals surface area contributed by atoms with Gasteiger partial charge in [-0.3, -0.25) is 14.8 Å². The standard InChI is InChI=1S/C21H28N4O3/c1-27-18-14-25(21(18)8-12-28-13-9-21)15-6-10-24(11-7-15)20(26)19-16-4-2-3-5-17(16)22-23-19/h2-5,15,18H,6-14H2,1H3,(H,22,23)/t18-/m0/s1. The van der Waals surface area contributed by atoms with Gasteiger partial charge in [0, 0.05) is 51.4 Å². The summed E-state index contributed by atoms with van der Waals surface area (Å²) in [5.41, 5.74) is 1.59. The maximum Gasteiger partial charge on any atom is 0.274 e. The van der Waals surface area contributed by atoms with Crippen LogP contribution in [0.3, 0.4) is 0 Å². The Kier molecular flexibility index (Phi) is 4.61. The Morgan fingerprint density at radius 1 is 1.25 bits per heavy atom. The molecule has 1 amide bonds. The normalized spacial score (nSPS) is 25.9. The smallest absolute Gasteiger partial charge is 0.274 e. The Labute approximate surface area is 165 Å². The Bertz CT molecular complexity index is 852. The van der Waals surface area contributed by atoms with E-state index in [1.54, 1.807) is 0 Å². The van der Waals surface area contributed by atoms with E-state index in [1.165, 1.54) is 0 Å². The molecule has 7 heteroatoms. The van der Waals surface area contributed by atoms with E-state index in [-0.39, 0.29) is 11.4 Å². The quantitative estimate of drug-likeness (QED) is 0.877. The molecule has 0 saturated carbocycles. The number of fused-ring (bicyclic) bond motifs is 1. The minimum atomic E-state index is 0.0371. The first-order valence-electron chi connectivity index (χ1n) is 10.3. The van der Waals surface area contributed by atoms with Crippen LogP contribution in [0.1, 0.15) is 36.2 Å². The number of aromatic amines is 1. The highest BCUT2D eigenvalue weighted by atomic mass is 16.5. The van der Waals surface area contributed by atoms with Crippen LogP contribution in [0, 0.1) is 0 Å². The zero-order chi connectivity index (χ0) is 19.1. The zero-order valence-corrected chi connectivity index (χ0v) is 16.4. The van der Waals surface area contributed by atoms with Gasteiger partial charge in [0.15, 0.2) is 5.69 Å². The number of H-pyrrole nitrogens is 1. The van der Waals surface area contributed by atoms with Gasteiger partial charge >= 0.3 is 0 Å². The van der Waals surface area contributed by atoms with Crippen LogP contribution in [-0.4, -0.2) is 83.5 Å². The average Bonchev–Trinajstić information content (AvgIpc) is 3.18. The molecule has 0 bridgehead atoms. The molecular weight excluding hydrogens is 356 g/mol. The van der Waals surface area contributed by atoms with Crippen LogP contribution in [0.2, 0.25) is 0 Å². The number of amides is 1. The van der Waals surface area contributed by atoms with Crippen molar-refractivity contribution >= 4 is 16.8 Å². The van der Waals surface area contributed by atoms with E-state index in [1.807, 2.05) is 36.3 Å². The fraction of sp³-hybridized carbons (Fsp3) is 0.619. The highest BCUT2D eigenvalue weighted by molar-refractivity contribution is 6.04. The number of carbonyl (C=O) groups is 1. The second-order valence-corrected chi connectivity index (χ2v) is 8.23. The van der Waals surface area contributed by atoms with Gasteiger partial charge in [0.25, 0.3) is 5.91 Å². The van der Waals surface area contributed by atoms with E-state index < -0.39 is 0 Å². The van der Waals surface area contributed by atoms with Crippen molar-refractivity contribution in [3.8, 4) is 0 Å². The van der Waals surface area contributed by atoms with Crippen LogP contribution in [0.15, 0.2) is 24.3 Å². The predicted octanol–water partition coefficient (Wildman–Crippen LogP) is 2.05. The SMILES string of the molecule is CO[C@H]1CN(C2CCN(C(=O)c3n[nH]c4ccccc34)CC2)C12CCOCC2. The van der Waals surface area contributed by atoms with Crippen molar-refractivity contribution in [3.05, 3.63) is 30.0 Å². The molecule has 1 aromatic heterocycles. The second kappa shape index (κ2) is 7.13. The number of benzene rings is 1. The Hall–Kier alpha value is -1.96. The number of rotatable bonds is 3. The van der Waals surface area contributed by atoms with Crippen molar-refractivity contribution in [2.24, 2.45) is 0 Å². The molecule has 1 aromatic carbocycles. The molecule has 7 nitrogen and oxygen atoms in total. The van der Waals surface area contributed by atoms with Crippen molar-refractivity contribution in [3.63, 3.8) is 0 Å². The molecule has 1 atom stereocenters. The maximum atomic E-state index is 13.0. The van der Waals surface area contributed by atoms with Crippen molar-refractivity contribution in [2.45, 2.75) is 43.4 Å². The van der Waals surface area contributed by atoms with Crippen LogP contribution in [-0.2, 0) is 9.47 Å². The van der Waals surface area contributed by atoms with Crippen LogP contribution in [0.5, 0.6) is 0 Å². The molecule has 3 fully saturated rings. The molecule has 3 aliphatic rings. The number of nitrogens with zero attached hydrogens (tertiary/aromatic N) is 3. The topological polar surface area (TPSA) is 70.7 Å². The number of piperidine rings is 1. The lowest BCUT2D eigenvalue weighted by Crippen LogP contribution is -2.75. The van der Waals surface area contributed by atoms with Gasteiger partial charge in [-0.25, -0.2) is 0 Å². The number of para-hydroxylation sites is 1. The number of ether oxygens (including phenoxy) is 2. The summed E-state index contributed by atoms with van der Waals surface area (Å²) in [4.78, 5) is 17.6. The Balaban J connectivity index is 1.26. The summed E-state index contributed by atoms with van der Waals surface area (Å²) in [5.74, 6) is 0.0371. The van der Waals surface area contributed by atoms with Gasteiger partial charge in [-0.15, -0.1) is 0 Å². The maximum absolute atomic E-state index is 13.0. The molecule has 3 aliphatic heterocycles. The monoisotopic (exact) mass is 384 g/mol. The van der Waals surface area contributed by atoms with Crippen molar-refractivity contribution in [2.75, 3.05) is 40.0 Å². The molecule has 5 rings (SSSR count). The minimum Gasteiger partial charge on any atom is -0.381 e. The molecule has 3 saturated heterocycles. The molecule has 0 unspecified atom stereocenters. The van der Waals surface area contributed by atoms with Crippen molar-refractivity contribution in [1.82, 2.24) is 20.0 Å². The molecule has 150 valence electrons. The lowest BCUT2D eigenvalue weighted by Gasteiger charge is -2.63. The van der Waals surface area contributed by atoms with Gasteiger partial charge in [0.2, 0.25) is 0 Å². The molecule has 0 aliphatic carbocycles. The van der Waals surface area contributed by atoms with E-state index in [9.17, 15) is 4.79 Å². The number of hydrogen-bond donors (Lipinski definition) is 1. The summed E-state index contributed by atoms with van der Waals surface area (Å²) >= 11 is 0. The van der Waals surface area contributed by atoms with E-state index in [4.69, 9.17) is 9.47 Å². The number of methoxy groups -OCH3 is 1. The Morgan fingerprint density at radius 2 is 2.00 bits per heavy atom. The molecule has 0 radical (unpaired) electrons. The molecule has 4 heterocycles. The molecule has 28 heavy (non-hydrogen) atoms. The number of nitrogens with one attached hydrogen (secondary N) is 1. The van der Waals surface area contributed by atoms with Crippen LogP contribution >= 0.6 is 0 Å². The third-order valence-corrected chi connectivity index (χ3v) is 7.04. The number of hydrogen-bond acceptors (Lipinski definition) is 5. The Morgan fingerprint density at radius 3 is 2.75 bits per heavy atom. The lowest BCUT2D eigenvalue weighted by atomic mass is 9.73. The van der Waals surface area contributed by atoms with Crippen molar-refractivity contribution < 1.29 is 14.3 Å². The summed E-state index contributed by atoms with van der Waals surface area (Å²) in [6.45, 7) is 4.20. The molecule has 2 aromatic rings. The fourth-order valence-electron chi connectivity index (χ4n) is 5.40. The van der Waals surface area contributed by atoms with Crippen LogP contribution in [0.25, 0.3) is 10.9 Å². The van der Waals surface area contributed by atoms with Crippen molar-refractivity contribution in [1.29, 1.82) is 0 Å². The molecule has 1 N–H and O–H groups in total. The second-order valence-electron chi connectivity index (χ2n) is 8.23. The van der Waals surface area contributed by atoms with E-state index in [0.717, 1.165) is 69.4 Å². The first-order valence-corrected chi connectivity index (χ1v) is 10.3. The van der Waals surface area contributed by atoms with E-state index >= 15 is 0 Å². The highest BCUT2D eigenvalue weighted by Crippen LogP contribution is 2.44. The number of likely N-dealkylation sites (tertiary alicyclic amines) is 2.